The summed E-state index contributed by atoms with van der Waals surface area (Å²) in [5.41, 5.74) is 1.64. The van der Waals surface area contributed by atoms with Crippen LogP contribution in [0.1, 0.15) is 18.1 Å². The van der Waals surface area contributed by atoms with Gasteiger partial charge in [-0.2, -0.15) is 8.42 Å². The van der Waals surface area contributed by atoms with E-state index in [1.807, 2.05) is 6.92 Å². The van der Waals surface area contributed by atoms with Gasteiger partial charge in [-0.05, 0) is 43.2 Å². The number of benzene rings is 2. The lowest BCUT2D eigenvalue weighted by Gasteiger charge is -2.14. The minimum absolute atomic E-state index is 0.0266. The number of aldehydes is 1. The topological polar surface area (TPSA) is 96.0 Å². The Morgan fingerprint density at radius 3 is 2.36 bits per heavy atom. The number of carbonyl (C=O) groups excluding carboxylic acids is 2. The fourth-order valence-corrected chi connectivity index (χ4v) is 3.39. The van der Waals surface area contributed by atoms with E-state index in [0.717, 1.165) is 5.56 Å². The van der Waals surface area contributed by atoms with Crippen molar-refractivity contribution in [1.29, 1.82) is 0 Å². The third kappa shape index (κ3) is 5.82. The van der Waals surface area contributed by atoms with Crippen LogP contribution in [0.5, 0.6) is 11.5 Å². The molecule has 1 atom stereocenters. The Balaban J connectivity index is 2.19. The van der Waals surface area contributed by atoms with E-state index in [2.05, 4.69) is 0 Å². The summed E-state index contributed by atoms with van der Waals surface area (Å²) in [6.45, 7) is 3.10. The molecule has 28 heavy (non-hydrogen) atoms. The molecule has 0 N–H and O–H groups in total. The zero-order valence-corrected chi connectivity index (χ0v) is 16.7. The molecule has 0 fully saturated rings. The fourth-order valence-electron chi connectivity index (χ4n) is 2.45. The van der Waals surface area contributed by atoms with Crippen LogP contribution in [0.4, 0.5) is 0 Å². The van der Waals surface area contributed by atoms with Crippen molar-refractivity contribution in [3.05, 3.63) is 53.6 Å². The van der Waals surface area contributed by atoms with E-state index >= 15 is 0 Å². The molecule has 7 nitrogen and oxygen atoms in total. The van der Waals surface area contributed by atoms with Crippen molar-refractivity contribution in [3.8, 4) is 11.5 Å². The molecule has 2 aromatic carbocycles. The lowest BCUT2D eigenvalue weighted by atomic mass is 10.0. The molecule has 0 unspecified atom stereocenters. The molecule has 0 radical (unpaired) electrons. The Morgan fingerprint density at radius 1 is 1.11 bits per heavy atom. The van der Waals surface area contributed by atoms with Gasteiger partial charge in [-0.1, -0.05) is 23.8 Å². The second-order valence-electron chi connectivity index (χ2n) is 6.24. The molecular weight excluding hydrogens is 384 g/mol. The van der Waals surface area contributed by atoms with E-state index in [-0.39, 0.29) is 23.0 Å². The molecule has 2 rings (SSSR count). The first-order valence-corrected chi connectivity index (χ1v) is 9.92. The molecule has 0 saturated carbocycles. The molecule has 0 saturated heterocycles. The van der Waals surface area contributed by atoms with E-state index in [9.17, 15) is 18.0 Å². The molecular formula is C20H22O7S. The largest absolute Gasteiger partial charge is 0.493 e. The Kier molecular flexibility index (Phi) is 7.17. The van der Waals surface area contributed by atoms with Gasteiger partial charge in [0.25, 0.3) is 0 Å². The average molecular weight is 406 g/mol. The van der Waals surface area contributed by atoms with Crippen LogP contribution in [-0.2, 0) is 30.9 Å². The molecule has 0 aliphatic carbocycles. The third-order valence-corrected chi connectivity index (χ3v) is 5.18. The van der Waals surface area contributed by atoms with Crippen LogP contribution in [0.3, 0.4) is 0 Å². The zero-order valence-electron chi connectivity index (χ0n) is 15.9. The number of hydrogen-bond acceptors (Lipinski definition) is 7. The lowest BCUT2D eigenvalue weighted by Crippen LogP contribution is -2.16. The Labute approximate surface area is 164 Å². The average Bonchev–Trinajstić information content (AvgIpc) is 2.66. The van der Waals surface area contributed by atoms with Gasteiger partial charge in [-0.3, -0.25) is 4.79 Å². The van der Waals surface area contributed by atoms with E-state index in [1.165, 1.54) is 32.2 Å². The summed E-state index contributed by atoms with van der Waals surface area (Å²) < 4.78 is 40.3. The van der Waals surface area contributed by atoms with Crippen molar-refractivity contribution < 1.29 is 31.7 Å². The lowest BCUT2D eigenvalue weighted by molar-refractivity contribution is -0.142. The highest BCUT2D eigenvalue weighted by Crippen LogP contribution is 2.31. The SMILES string of the molecule is COc1cc(C[C@H](C=O)COC(C)=O)ccc1OS(=O)(=O)c1ccc(C)cc1. The van der Waals surface area contributed by atoms with Crippen molar-refractivity contribution in [1.82, 2.24) is 0 Å². The normalized spacial score (nSPS) is 12.1. The number of methoxy groups -OCH3 is 1. The highest BCUT2D eigenvalue weighted by molar-refractivity contribution is 7.87. The maximum Gasteiger partial charge on any atom is 0.339 e. The molecule has 0 aliphatic rings. The predicted molar refractivity (Wildman–Crippen MR) is 102 cm³/mol. The minimum Gasteiger partial charge on any atom is -0.493 e. The molecule has 150 valence electrons. The maximum atomic E-state index is 12.5. The molecule has 0 aliphatic heterocycles. The first-order chi connectivity index (χ1) is 13.2. The number of carbonyl (C=O) groups is 2. The van der Waals surface area contributed by atoms with Gasteiger partial charge in [0.05, 0.1) is 13.0 Å². The summed E-state index contributed by atoms with van der Waals surface area (Å²) in [7, 11) is -2.63. The maximum absolute atomic E-state index is 12.5. The number of esters is 1. The predicted octanol–water partition coefficient (Wildman–Crippen LogP) is 2.69. The Hall–Kier alpha value is -2.87. The quantitative estimate of drug-likeness (QED) is 0.359. The first kappa shape index (κ1) is 21.4. The highest BCUT2D eigenvalue weighted by Gasteiger charge is 2.20. The summed E-state index contributed by atoms with van der Waals surface area (Å²) in [6.07, 6.45) is 1.01. The molecule has 0 aromatic heterocycles. The van der Waals surface area contributed by atoms with Gasteiger partial charge in [0, 0.05) is 6.92 Å². The number of rotatable bonds is 9. The molecule has 0 spiro atoms. The fraction of sp³-hybridized carbons (Fsp3) is 0.300. The van der Waals surface area contributed by atoms with Crippen molar-refractivity contribution in [2.45, 2.75) is 25.2 Å². The highest BCUT2D eigenvalue weighted by atomic mass is 32.2. The second-order valence-corrected chi connectivity index (χ2v) is 7.78. The first-order valence-electron chi connectivity index (χ1n) is 8.52. The molecule has 0 heterocycles. The molecule has 0 amide bonds. The zero-order chi connectivity index (χ0) is 20.7. The summed E-state index contributed by atoms with van der Waals surface area (Å²) in [5.74, 6) is -0.731. The van der Waals surface area contributed by atoms with E-state index in [4.69, 9.17) is 13.7 Å². The van der Waals surface area contributed by atoms with Crippen LogP contribution in [-0.4, -0.2) is 34.4 Å². The summed E-state index contributed by atoms with van der Waals surface area (Å²) >= 11 is 0. The number of aryl methyl sites for hydroxylation is 1. The van der Waals surface area contributed by atoms with Crippen LogP contribution in [0.25, 0.3) is 0 Å². The van der Waals surface area contributed by atoms with Crippen LogP contribution < -0.4 is 8.92 Å². The van der Waals surface area contributed by atoms with E-state index < -0.39 is 22.0 Å². The van der Waals surface area contributed by atoms with Gasteiger partial charge in [0.15, 0.2) is 11.5 Å². The van der Waals surface area contributed by atoms with E-state index in [0.29, 0.717) is 18.3 Å². The van der Waals surface area contributed by atoms with Crippen molar-refractivity contribution >= 4 is 22.4 Å². The standard InChI is InChI=1S/C20H22O7S/c1-14-4-7-18(8-5-14)28(23,24)27-19-9-6-16(11-20(19)25-3)10-17(12-21)13-26-15(2)22/h4-9,11-12,17H,10,13H2,1-3H3/t17-/m1/s1. The molecule has 2 aromatic rings. The number of hydrogen-bond donors (Lipinski definition) is 0. The summed E-state index contributed by atoms with van der Waals surface area (Å²) in [5, 5.41) is 0. The second kappa shape index (κ2) is 9.36. The van der Waals surface area contributed by atoms with Gasteiger partial charge in [0.2, 0.25) is 0 Å². The van der Waals surface area contributed by atoms with Crippen LogP contribution in [0.2, 0.25) is 0 Å². The minimum atomic E-state index is -4.02. The third-order valence-electron chi connectivity index (χ3n) is 3.93. The van der Waals surface area contributed by atoms with E-state index in [1.54, 1.807) is 24.3 Å². The molecule has 0 bridgehead atoms. The number of ether oxygens (including phenoxy) is 2. The van der Waals surface area contributed by atoms with Gasteiger partial charge >= 0.3 is 16.1 Å². The summed E-state index contributed by atoms with van der Waals surface area (Å²) in [6, 6.07) is 11.0. The van der Waals surface area contributed by atoms with Crippen LogP contribution >= 0.6 is 0 Å². The van der Waals surface area contributed by atoms with Crippen LogP contribution in [0.15, 0.2) is 47.4 Å². The van der Waals surface area contributed by atoms with Crippen molar-refractivity contribution in [3.63, 3.8) is 0 Å². The van der Waals surface area contributed by atoms with Gasteiger partial charge in [-0.25, -0.2) is 0 Å². The van der Waals surface area contributed by atoms with Gasteiger partial charge in [-0.15, -0.1) is 0 Å². The summed E-state index contributed by atoms with van der Waals surface area (Å²) in [4.78, 5) is 22.1. The van der Waals surface area contributed by atoms with Crippen molar-refractivity contribution in [2.75, 3.05) is 13.7 Å². The monoisotopic (exact) mass is 406 g/mol. The van der Waals surface area contributed by atoms with Gasteiger partial charge < -0.3 is 18.5 Å². The Bertz CT molecular complexity index is 934. The smallest absolute Gasteiger partial charge is 0.339 e. The van der Waals surface area contributed by atoms with Crippen LogP contribution in [0, 0.1) is 12.8 Å². The Morgan fingerprint density at radius 2 is 1.79 bits per heavy atom. The van der Waals surface area contributed by atoms with Crippen molar-refractivity contribution in [2.24, 2.45) is 5.92 Å². The van der Waals surface area contributed by atoms with Gasteiger partial charge in [0.1, 0.15) is 17.8 Å². The molecule has 8 heteroatoms.